The lowest BCUT2D eigenvalue weighted by Gasteiger charge is -2.06. The molecule has 20 heavy (non-hydrogen) atoms. The van der Waals surface area contributed by atoms with Crippen molar-refractivity contribution < 1.29 is 4.74 Å². The molecule has 0 saturated carbocycles. The molecule has 0 spiro atoms. The van der Waals surface area contributed by atoms with E-state index in [0.717, 1.165) is 25.2 Å². The molecule has 4 nitrogen and oxygen atoms in total. The van der Waals surface area contributed by atoms with Crippen molar-refractivity contribution in [2.24, 2.45) is 0 Å². The number of benzene rings is 1. The van der Waals surface area contributed by atoms with Gasteiger partial charge in [-0.25, -0.2) is 0 Å². The van der Waals surface area contributed by atoms with Gasteiger partial charge in [-0.2, -0.15) is 5.26 Å². The Morgan fingerprint density at radius 3 is 2.75 bits per heavy atom. The summed E-state index contributed by atoms with van der Waals surface area (Å²) >= 11 is 0. The highest BCUT2D eigenvalue weighted by Gasteiger charge is 1.98. The summed E-state index contributed by atoms with van der Waals surface area (Å²) in [5.74, 6) is 0.714. The van der Waals surface area contributed by atoms with Gasteiger partial charge in [0.15, 0.2) is 6.61 Å². The molecule has 1 N–H and O–H groups in total. The summed E-state index contributed by atoms with van der Waals surface area (Å²) in [6.07, 6.45) is 5.42. The van der Waals surface area contributed by atoms with Crippen molar-refractivity contribution in [3.63, 3.8) is 0 Å². The molecule has 0 aliphatic rings. The molecule has 2 rings (SSSR count). The third-order valence-corrected chi connectivity index (χ3v) is 2.95. The molecule has 1 aromatic heterocycles. The van der Waals surface area contributed by atoms with Crippen LogP contribution < -0.4 is 10.1 Å². The quantitative estimate of drug-likeness (QED) is 0.838. The summed E-state index contributed by atoms with van der Waals surface area (Å²) in [7, 11) is 0. The second kappa shape index (κ2) is 7.25. The average molecular weight is 269 g/mol. The standard InChI is InChI=1S/C16H19N3O/c1-2-9-19-10-7-14(13-19)12-18-15-3-5-16(6-4-15)20-11-8-17/h3-7,10,13,18H,2,9,11-12H2,1H3. The number of anilines is 1. The Balaban J connectivity index is 1.85. The molecular weight excluding hydrogens is 250 g/mol. The zero-order valence-electron chi connectivity index (χ0n) is 11.7. The topological polar surface area (TPSA) is 50.0 Å². The van der Waals surface area contributed by atoms with Crippen LogP contribution in [-0.2, 0) is 13.1 Å². The SMILES string of the molecule is CCCn1ccc(CNc2ccc(OCC#N)cc2)c1. The van der Waals surface area contributed by atoms with Gasteiger partial charge in [0, 0.05) is 31.2 Å². The molecule has 4 heteroatoms. The van der Waals surface area contributed by atoms with E-state index in [1.54, 1.807) is 0 Å². The first-order valence-corrected chi connectivity index (χ1v) is 6.80. The molecule has 1 aromatic carbocycles. The minimum atomic E-state index is 0.0811. The smallest absolute Gasteiger partial charge is 0.174 e. The van der Waals surface area contributed by atoms with Crippen LogP contribution in [0.1, 0.15) is 18.9 Å². The van der Waals surface area contributed by atoms with Crippen LogP contribution in [-0.4, -0.2) is 11.2 Å². The first kappa shape index (κ1) is 14.0. The van der Waals surface area contributed by atoms with Crippen molar-refractivity contribution in [2.75, 3.05) is 11.9 Å². The normalized spacial score (nSPS) is 10.0. The Labute approximate surface area is 119 Å². The van der Waals surface area contributed by atoms with E-state index >= 15 is 0 Å². The van der Waals surface area contributed by atoms with Gasteiger partial charge in [0.05, 0.1) is 0 Å². The fourth-order valence-corrected chi connectivity index (χ4v) is 1.98. The van der Waals surface area contributed by atoms with Crippen LogP contribution in [0.25, 0.3) is 0 Å². The Bertz CT molecular complexity index is 566. The molecule has 0 fully saturated rings. The maximum atomic E-state index is 8.44. The molecule has 0 atom stereocenters. The van der Waals surface area contributed by atoms with Crippen molar-refractivity contribution in [3.05, 3.63) is 48.3 Å². The lowest BCUT2D eigenvalue weighted by atomic mass is 10.3. The number of hydrogen-bond donors (Lipinski definition) is 1. The van der Waals surface area contributed by atoms with Crippen LogP contribution >= 0.6 is 0 Å². The van der Waals surface area contributed by atoms with Crippen molar-refractivity contribution >= 4 is 5.69 Å². The molecule has 1 heterocycles. The molecule has 0 radical (unpaired) electrons. The zero-order valence-corrected chi connectivity index (χ0v) is 11.7. The van der Waals surface area contributed by atoms with E-state index in [1.807, 2.05) is 30.3 Å². The summed E-state index contributed by atoms with van der Waals surface area (Å²) in [4.78, 5) is 0. The zero-order chi connectivity index (χ0) is 14.2. The van der Waals surface area contributed by atoms with Crippen LogP contribution in [0.2, 0.25) is 0 Å². The van der Waals surface area contributed by atoms with Gasteiger partial charge in [0.2, 0.25) is 0 Å². The summed E-state index contributed by atoms with van der Waals surface area (Å²) in [6, 6.07) is 11.7. The van der Waals surface area contributed by atoms with E-state index in [9.17, 15) is 0 Å². The number of rotatable bonds is 7. The second-order valence-corrected chi connectivity index (χ2v) is 4.58. The molecule has 0 saturated heterocycles. The highest BCUT2D eigenvalue weighted by Crippen LogP contribution is 2.16. The molecular formula is C16H19N3O. The lowest BCUT2D eigenvalue weighted by Crippen LogP contribution is -1.99. The maximum absolute atomic E-state index is 8.44. The van der Waals surface area contributed by atoms with E-state index in [2.05, 4.69) is 35.3 Å². The third kappa shape index (κ3) is 4.06. The van der Waals surface area contributed by atoms with Gasteiger partial charge in [-0.1, -0.05) is 6.92 Å². The van der Waals surface area contributed by atoms with Crippen molar-refractivity contribution in [3.8, 4) is 11.8 Å². The molecule has 104 valence electrons. The Hall–Kier alpha value is -2.41. The van der Waals surface area contributed by atoms with Crippen LogP contribution in [0.3, 0.4) is 0 Å². The average Bonchev–Trinajstić information content (AvgIpc) is 2.92. The highest BCUT2D eigenvalue weighted by atomic mass is 16.5. The van der Waals surface area contributed by atoms with Crippen LogP contribution in [0.15, 0.2) is 42.7 Å². The number of nitrogens with zero attached hydrogens (tertiary/aromatic N) is 2. The number of aromatic nitrogens is 1. The number of hydrogen-bond acceptors (Lipinski definition) is 3. The largest absolute Gasteiger partial charge is 0.479 e. The van der Waals surface area contributed by atoms with Crippen LogP contribution in [0.4, 0.5) is 5.69 Å². The summed E-state index contributed by atoms with van der Waals surface area (Å²) in [5, 5.41) is 11.8. The minimum absolute atomic E-state index is 0.0811. The van der Waals surface area contributed by atoms with Gasteiger partial charge in [0.1, 0.15) is 11.8 Å². The molecule has 0 bridgehead atoms. The van der Waals surface area contributed by atoms with E-state index in [1.165, 1.54) is 5.56 Å². The Morgan fingerprint density at radius 1 is 1.25 bits per heavy atom. The van der Waals surface area contributed by atoms with Gasteiger partial charge < -0.3 is 14.6 Å². The number of aryl methyl sites for hydroxylation is 1. The molecule has 0 unspecified atom stereocenters. The number of nitrogens with one attached hydrogen (secondary N) is 1. The Kier molecular flexibility index (Phi) is 5.08. The predicted octanol–water partition coefficient (Wildman–Crippen LogP) is 3.41. The Morgan fingerprint density at radius 2 is 2.05 bits per heavy atom. The van der Waals surface area contributed by atoms with Gasteiger partial charge in [-0.15, -0.1) is 0 Å². The third-order valence-electron chi connectivity index (χ3n) is 2.95. The molecule has 0 aliphatic carbocycles. The molecule has 0 aliphatic heterocycles. The first-order chi connectivity index (χ1) is 9.81. The summed E-state index contributed by atoms with van der Waals surface area (Å²) in [6.45, 7) is 4.12. The van der Waals surface area contributed by atoms with Gasteiger partial charge in [0.25, 0.3) is 0 Å². The van der Waals surface area contributed by atoms with E-state index < -0.39 is 0 Å². The first-order valence-electron chi connectivity index (χ1n) is 6.80. The fourth-order valence-electron chi connectivity index (χ4n) is 1.98. The maximum Gasteiger partial charge on any atom is 0.174 e. The predicted molar refractivity (Wildman–Crippen MR) is 79.6 cm³/mol. The van der Waals surface area contributed by atoms with Gasteiger partial charge in [-0.05, 0) is 42.3 Å². The monoisotopic (exact) mass is 269 g/mol. The minimum Gasteiger partial charge on any atom is -0.479 e. The van der Waals surface area contributed by atoms with Crippen LogP contribution in [0, 0.1) is 11.3 Å². The summed E-state index contributed by atoms with van der Waals surface area (Å²) < 4.78 is 7.42. The summed E-state index contributed by atoms with van der Waals surface area (Å²) in [5.41, 5.74) is 2.31. The van der Waals surface area contributed by atoms with Crippen molar-refractivity contribution in [1.29, 1.82) is 5.26 Å². The molecule has 2 aromatic rings. The number of nitriles is 1. The van der Waals surface area contributed by atoms with E-state index in [4.69, 9.17) is 10.00 Å². The highest BCUT2D eigenvalue weighted by molar-refractivity contribution is 5.46. The second-order valence-electron chi connectivity index (χ2n) is 4.58. The van der Waals surface area contributed by atoms with Crippen LogP contribution in [0.5, 0.6) is 5.75 Å². The molecule has 0 amide bonds. The van der Waals surface area contributed by atoms with Gasteiger partial charge in [-0.3, -0.25) is 0 Å². The fraction of sp³-hybridized carbons (Fsp3) is 0.312. The lowest BCUT2D eigenvalue weighted by molar-refractivity contribution is 0.368. The van der Waals surface area contributed by atoms with Gasteiger partial charge >= 0.3 is 0 Å². The van der Waals surface area contributed by atoms with E-state index in [0.29, 0.717) is 5.75 Å². The number of ether oxygens (including phenoxy) is 1. The van der Waals surface area contributed by atoms with E-state index in [-0.39, 0.29) is 6.61 Å². The van der Waals surface area contributed by atoms with Crippen molar-refractivity contribution in [1.82, 2.24) is 4.57 Å². The van der Waals surface area contributed by atoms with Crippen molar-refractivity contribution in [2.45, 2.75) is 26.4 Å².